The van der Waals surface area contributed by atoms with Crippen LogP contribution in [0.3, 0.4) is 0 Å². The van der Waals surface area contributed by atoms with Crippen LogP contribution in [0.1, 0.15) is 233 Å². The Morgan fingerprint density at radius 3 is 1.13 bits per heavy atom. The zero-order chi connectivity index (χ0) is 40.0. The SMILES string of the molecule is CCCCCC(CCCCC)CCOC(=O)CCCCCCCCC(CCCCCCC(=O)OCCC(CCCCC)CCCCC)CN1CCN(C)CC1. The molecule has 1 aliphatic rings. The van der Waals surface area contributed by atoms with Gasteiger partial charge in [-0.1, -0.05) is 182 Å². The Bertz CT molecular complexity index is 825. The minimum atomic E-state index is 0.0160. The van der Waals surface area contributed by atoms with Crippen molar-refractivity contribution in [3.63, 3.8) is 0 Å². The molecule has 0 aromatic heterocycles. The lowest BCUT2D eigenvalue weighted by atomic mass is 9.92. The number of esters is 2. The largest absolute Gasteiger partial charge is 0.466 e. The fraction of sp³-hybridized carbons (Fsp3) is 0.959. The smallest absolute Gasteiger partial charge is 0.305 e. The Kier molecular flexibility index (Phi) is 36.2. The molecule has 6 heteroatoms. The molecule has 0 N–H and O–H groups in total. The lowest BCUT2D eigenvalue weighted by molar-refractivity contribution is -0.145. The summed E-state index contributed by atoms with van der Waals surface area (Å²) < 4.78 is 11.4. The molecule has 0 saturated carbocycles. The van der Waals surface area contributed by atoms with Gasteiger partial charge in [0, 0.05) is 45.6 Å². The fourth-order valence-electron chi connectivity index (χ4n) is 8.61. The summed E-state index contributed by atoms with van der Waals surface area (Å²) in [6, 6.07) is 0. The second-order valence-electron chi connectivity index (χ2n) is 17.8. The maximum Gasteiger partial charge on any atom is 0.305 e. The molecular weight excluding hydrogens is 681 g/mol. The van der Waals surface area contributed by atoms with Crippen LogP contribution >= 0.6 is 0 Å². The van der Waals surface area contributed by atoms with Crippen molar-refractivity contribution < 1.29 is 19.1 Å². The monoisotopic (exact) mass is 777 g/mol. The van der Waals surface area contributed by atoms with Gasteiger partial charge in [-0.05, 0) is 63.3 Å². The van der Waals surface area contributed by atoms with Crippen LogP contribution in [0.2, 0.25) is 0 Å². The van der Waals surface area contributed by atoms with Crippen molar-refractivity contribution in [1.82, 2.24) is 9.80 Å². The number of nitrogens with zero attached hydrogens (tertiary/aromatic N) is 2. The second kappa shape index (κ2) is 38.4. The first-order chi connectivity index (χ1) is 26.9. The van der Waals surface area contributed by atoms with Crippen molar-refractivity contribution in [2.75, 3.05) is 53.0 Å². The van der Waals surface area contributed by atoms with E-state index < -0.39 is 0 Å². The first-order valence-electron chi connectivity index (χ1n) is 24.6. The van der Waals surface area contributed by atoms with Crippen molar-refractivity contribution in [2.24, 2.45) is 17.8 Å². The van der Waals surface area contributed by atoms with Gasteiger partial charge in [0.1, 0.15) is 0 Å². The zero-order valence-electron chi connectivity index (χ0n) is 37.8. The molecule has 0 aromatic rings. The average molecular weight is 777 g/mol. The van der Waals surface area contributed by atoms with Crippen LogP contribution in [-0.4, -0.2) is 74.7 Å². The number of rotatable bonds is 40. The van der Waals surface area contributed by atoms with Gasteiger partial charge < -0.3 is 19.3 Å². The van der Waals surface area contributed by atoms with Gasteiger partial charge in [-0.2, -0.15) is 0 Å². The third-order valence-corrected chi connectivity index (χ3v) is 12.5. The summed E-state index contributed by atoms with van der Waals surface area (Å²) in [5, 5.41) is 0. The molecule has 1 aliphatic heterocycles. The highest BCUT2D eigenvalue weighted by atomic mass is 16.5. The van der Waals surface area contributed by atoms with Crippen LogP contribution in [0.4, 0.5) is 0 Å². The molecule has 55 heavy (non-hydrogen) atoms. The van der Waals surface area contributed by atoms with Crippen molar-refractivity contribution in [1.29, 1.82) is 0 Å². The molecule has 0 bridgehead atoms. The van der Waals surface area contributed by atoms with Crippen LogP contribution < -0.4 is 0 Å². The summed E-state index contributed by atoms with van der Waals surface area (Å²) >= 11 is 0. The molecule has 0 amide bonds. The van der Waals surface area contributed by atoms with E-state index in [9.17, 15) is 9.59 Å². The lowest BCUT2D eigenvalue weighted by Crippen LogP contribution is -2.46. The fourth-order valence-corrected chi connectivity index (χ4v) is 8.61. The van der Waals surface area contributed by atoms with Gasteiger partial charge in [0.2, 0.25) is 0 Å². The number of likely N-dealkylation sites (N-methyl/N-ethyl adjacent to an activating group) is 1. The van der Waals surface area contributed by atoms with Crippen LogP contribution in [0.25, 0.3) is 0 Å². The second-order valence-corrected chi connectivity index (χ2v) is 17.8. The summed E-state index contributed by atoms with van der Waals surface area (Å²) in [4.78, 5) is 30.0. The molecule has 0 aromatic carbocycles. The predicted molar refractivity (Wildman–Crippen MR) is 237 cm³/mol. The standard InChI is InChI=1S/C49H96N2O4/c1-6-10-20-28-45(29-21-11-7-2)36-42-54-48(52)34-26-17-15-14-16-24-32-47(44-51-40-38-50(5)39-41-51)33-25-18-19-27-35-49(53)55-43-37-46(30-22-12-8-3)31-23-13-9-4/h45-47H,6-44H2,1-5H3. The van der Waals surface area contributed by atoms with Crippen LogP contribution in [0, 0.1) is 17.8 Å². The van der Waals surface area contributed by atoms with E-state index in [1.807, 2.05) is 0 Å². The maximum atomic E-state index is 12.5. The van der Waals surface area contributed by atoms with Gasteiger partial charge in [0.25, 0.3) is 0 Å². The van der Waals surface area contributed by atoms with E-state index in [2.05, 4.69) is 44.5 Å². The van der Waals surface area contributed by atoms with E-state index in [0.29, 0.717) is 26.1 Å². The van der Waals surface area contributed by atoms with E-state index >= 15 is 0 Å². The Morgan fingerprint density at radius 2 is 0.745 bits per heavy atom. The number of carbonyl (C=O) groups is 2. The Morgan fingerprint density at radius 1 is 0.418 bits per heavy atom. The molecule has 6 nitrogen and oxygen atoms in total. The Hall–Kier alpha value is -1.14. The molecule has 326 valence electrons. The van der Waals surface area contributed by atoms with Crippen LogP contribution in [0.15, 0.2) is 0 Å². The Labute approximate surface area is 343 Å². The number of ether oxygens (including phenoxy) is 2. The average Bonchev–Trinajstić information content (AvgIpc) is 3.17. The maximum absolute atomic E-state index is 12.5. The molecule has 1 heterocycles. The third kappa shape index (κ3) is 32.5. The van der Waals surface area contributed by atoms with Gasteiger partial charge in [0.05, 0.1) is 13.2 Å². The van der Waals surface area contributed by atoms with Crippen molar-refractivity contribution in [3.05, 3.63) is 0 Å². The highest BCUT2D eigenvalue weighted by Gasteiger charge is 2.19. The van der Waals surface area contributed by atoms with Crippen LogP contribution in [-0.2, 0) is 19.1 Å². The van der Waals surface area contributed by atoms with Gasteiger partial charge in [-0.25, -0.2) is 0 Å². The number of unbranched alkanes of at least 4 members (excludes halogenated alkanes) is 16. The van der Waals surface area contributed by atoms with Gasteiger partial charge in [-0.15, -0.1) is 0 Å². The van der Waals surface area contributed by atoms with Gasteiger partial charge in [0.15, 0.2) is 0 Å². The minimum absolute atomic E-state index is 0.0160. The number of piperazine rings is 1. The van der Waals surface area contributed by atoms with E-state index in [1.54, 1.807) is 0 Å². The quantitative estimate of drug-likeness (QED) is 0.0456. The molecule has 0 aliphatic carbocycles. The molecule has 0 radical (unpaired) electrons. The van der Waals surface area contributed by atoms with Gasteiger partial charge >= 0.3 is 11.9 Å². The van der Waals surface area contributed by atoms with Crippen molar-refractivity contribution in [2.45, 2.75) is 233 Å². The van der Waals surface area contributed by atoms with E-state index in [-0.39, 0.29) is 11.9 Å². The number of hydrogen-bond donors (Lipinski definition) is 0. The highest BCUT2D eigenvalue weighted by Crippen LogP contribution is 2.24. The summed E-state index contributed by atoms with van der Waals surface area (Å²) in [6.45, 7) is 16.4. The summed E-state index contributed by atoms with van der Waals surface area (Å²) in [7, 11) is 2.24. The first-order valence-corrected chi connectivity index (χ1v) is 24.6. The van der Waals surface area contributed by atoms with E-state index in [0.717, 1.165) is 56.3 Å². The van der Waals surface area contributed by atoms with E-state index in [1.165, 1.54) is 187 Å². The van der Waals surface area contributed by atoms with Crippen molar-refractivity contribution in [3.8, 4) is 0 Å². The predicted octanol–water partition coefficient (Wildman–Crippen LogP) is 13.7. The molecule has 1 saturated heterocycles. The number of hydrogen-bond acceptors (Lipinski definition) is 6. The van der Waals surface area contributed by atoms with Gasteiger partial charge in [-0.3, -0.25) is 9.59 Å². The lowest BCUT2D eigenvalue weighted by Gasteiger charge is -2.34. The molecule has 1 atom stereocenters. The minimum Gasteiger partial charge on any atom is -0.466 e. The van der Waals surface area contributed by atoms with Crippen molar-refractivity contribution >= 4 is 11.9 Å². The molecule has 1 unspecified atom stereocenters. The van der Waals surface area contributed by atoms with E-state index in [4.69, 9.17) is 9.47 Å². The number of carbonyl (C=O) groups excluding carboxylic acids is 2. The third-order valence-electron chi connectivity index (χ3n) is 12.5. The zero-order valence-corrected chi connectivity index (χ0v) is 37.8. The molecule has 1 rings (SSSR count). The molecular formula is C49H96N2O4. The summed E-state index contributed by atoms with van der Waals surface area (Å²) in [6.07, 6.45) is 38.6. The highest BCUT2D eigenvalue weighted by molar-refractivity contribution is 5.69. The molecule has 1 fully saturated rings. The summed E-state index contributed by atoms with van der Waals surface area (Å²) in [5.41, 5.74) is 0. The Balaban J connectivity index is 2.23. The van der Waals surface area contributed by atoms with Crippen LogP contribution in [0.5, 0.6) is 0 Å². The topological polar surface area (TPSA) is 59.1 Å². The first kappa shape index (κ1) is 51.9. The molecule has 0 spiro atoms. The normalized spacial score (nSPS) is 14.6. The summed E-state index contributed by atoms with van der Waals surface area (Å²) in [5.74, 6) is 2.26.